The number of hydrogen-bond donors (Lipinski definition) is 2. The molecule has 0 fully saturated rings. The Kier molecular flexibility index (Phi) is 4.43. The van der Waals surface area contributed by atoms with E-state index >= 15 is 0 Å². The van der Waals surface area contributed by atoms with E-state index in [9.17, 15) is 4.79 Å². The summed E-state index contributed by atoms with van der Waals surface area (Å²) in [6, 6.07) is 16.2. The number of anilines is 2. The third-order valence-electron chi connectivity index (χ3n) is 3.65. The van der Waals surface area contributed by atoms with Crippen molar-refractivity contribution in [3.63, 3.8) is 0 Å². The summed E-state index contributed by atoms with van der Waals surface area (Å²) in [7, 11) is 1.58. The van der Waals surface area contributed by atoms with Crippen molar-refractivity contribution in [2.75, 3.05) is 18.2 Å². The fourth-order valence-corrected chi connectivity index (χ4v) is 2.31. The van der Waals surface area contributed by atoms with Gasteiger partial charge in [0.2, 0.25) is 0 Å². The Hall–Kier alpha value is -3.34. The minimum Gasteiger partial charge on any atom is -0.497 e. The molecule has 0 aliphatic carbocycles. The molecular weight excluding hydrogens is 302 g/mol. The first-order valence-corrected chi connectivity index (χ1v) is 7.42. The van der Waals surface area contributed by atoms with Crippen LogP contribution in [-0.4, -0.2) is 18.0 Å². The maximum atomic E-state index is 12.4. The number of hydrogen-bond acceptors (Lipinski definition) is 4. The highest BCUT2D eigenvalue weighted by Gasteiger charge is 2.10. The van der Waals surface area contributed by atoms with Crippen molar-refractivity contribution < 1.29 is 9.53 Å². The second-order valence-electron chi connectivity index (χ2n) is 5.23. The summed E-state index contributed by atoms with van der Waals surface area (Å²) in [5.41, 5.74) is 9.48. The Labute approximate surface area is 140 Å². The molecule has 2 aromatic carbocycles. The van der Waals surface area contributed by atoms with Gasteiger partial charge in [-0.25, -0.2) is 0 Å². The van der Waals surface area contributed by atoms with Crippen LogP contribution in [0.2, 0.25) is 0 Å². The van der Waals surface area contributed by atoms with Crippen molar-refractivity contribution in [3.8, 4) is 16.9 Å². The monoisotopic (exact) mass is 319 g/mol. The Bertz CT molecular complexity index is 846. The van der Waals surface area contributed by atoms with Gasteiger partial charge in [-0.05, 0) is 48.0 Å². The number of aromatic nitrogens is 1. The molecule has 1 heterocycles. The van der Waals surface area contributed by atoms with Gasteiger partial charge in [-0.3, -0.25) is 9.78 Å². The van der Waals surface area contributed by atoms with E-state index in [0.29, 0.717) is 22.7 Å². The largest absolute Gasteiger partial charge is 0.497 e. The van der Waals surface area contributed by atoms with Crippen molar-refractivity contribution in [2.45, 2.75) is 0 Å². The topological polar surface area (TPSA) is 77.2 Å². The number of ether oxygens (including phenoxy) is 1. The van der Waals surface area contributed by atoms with Crippen LogP contribution in [0.3, 0.4) is 0 Å². The Morgan fingerprint density at radius 1 is 1.08 bits per heavy atom. The molecule has 3 rings (SSSR count). The van der Waals surface area contributed by atoms with Crippen LogP contribution in [0.25, 0.3) is 11.1 Å². The van der Waals surface area contributed by atoms with Gasteiger partial charge in [0.15, 0.2) is 0 Å². The smallest absolute Gasteiger partial charge is 0.255 e. The summed E-state index contributed by atoms with van der Waals surface area (Å²) < 4.78 is 5.09. The molecular formula is C19H17N3O2. The van der Waals surface area contributed by atoms with Gasteiger partial charge >= 0.3 is 0 Å². The zero-order chi connectivity index (χ0) is 16.9. The highest BCUT2D eigenvalue weighted by Crippen LogP contribution is 2.27. The Balaban J connectivity index is 1.85. The van der Waals surface area contributed by atoms with E-state index in [4.69, 9.17) is 10.5 Å². The average Bonchev–Trinajstić information content (AvgIpc) is 2.64. The zero-order valence-electron chi connectivity index (χ0n) is 13.2. The molecule has 0 atom stereocenters. The summed E-state index contributed by atoms with van der Waals surface area (Å²) in [5.74, 6) is 0.470. The molecule has 1 aromatic heterocycles. The number of methoxy groups -OCH3 is 1. The van der Waals surface area contributed by atoms with Crippen LogP contribution in [0.5, 0.6) is 5.75 Å². The fourth-order valence-electron chi connectivity index (χ4n) is 2.31. The van der Waals surface area contributed by atoms with Crippen LogP contribution in [0, 0.1) is 0 Å². The molecule has 0 spiro atoms. The van der Waals surface area contributed by atoms with Crippen LogP contribution < -0.4 is 15.8 Å². The first-order valence-electron chi connectivity index (χ1n) is 7.42. The molecule has 0 aliphatic rings. The predicted molar refractivity (Wildman–Crippen MR) is 95.0 cm³/mol. The minimum absolute atomic E-state index is 0.229. The number of nitrogens with zero attached hydrogens (tertiary/aromatic N) is 1. The number of nitrogens with one attached hydrogen (secondary N) is 1. The van der Waals surface area contributed by atoms with Gasteiger partial charge in [-0.1, -0.05) is 12.1 Å². The van der Waals surface area contributed by atoms with Gasteiger partial charge in [0.25, 0.3) is 5.91 Å². The minimum atomic E-state index is -0.229. The molecule has 3 N–H and O–H groups in total. The van der Waals surface area contributed by atoms with Gasteiger partial charge in [0, 0.05) is 23.5 Å². The molecule has 1 amide bonds. The van der Waals surface area contributed by atoms with Gasteiger partial charge in [-0.15, -0.1) is 0 Å². The van der Waals surface area contributed by atoms with E-state index in [-0.39, 0.29) is 5.91 Å². The molecule has 5 nitrogen and oxygen atoms in total. The number of nitrogen functional groups attached to an aromatic ring is 1. The molecule has 24 heavy (non-hydrogen) atoms. The summed E-state index contributed by atoms with van der Waals surface area (Å²) in [5, 5.41) is 2.85. The van der Waals surface area contributed by atoms with Gasteiger partial charge in [0.1, 0.15) is 5.75 Å². The molecule has 0 radical (unpaired) electrons. The molecule has 5 heteroatoms. The lowest BCUT2D eigenvalue weighted by molar-refractivity contribution is 0.102. The third kappa shape index (κ3) is 3.35. The van der Waals surface area contributed by atoms with Crippen molar-refractivity contribution in [3.05, 3.63) is 72.6 Å². The molecule has 0 bridgehead atoms. The lowest BCUT2D eigenvalue weighted by Gasteiger charge is -2.11. The molecule has 0 saturated carbocycles. The van der Waals surface area contributed by atoms with Crippen LogP contribution in [-0.2, 0) is 0 Å². The van der Waals surface area contributed by atoms with Crippen molar-refractivity contribution >= 4 is 17.3 Å². The first kappa shape index (κ1) is 15.6. The first-order chi connectivity index (χ1) is 11.7. The molecule has 3 aromatic rings. The molecule has 0 aliphatic heterocycles. The fraction of sp³-hybridized carbons (Fsp3) is 0.0526. The van der Waals surface area contributed by atoms with Gasteiger partial charge < -0.3 is 15.8 Å². The number of nitrogens with two attached hydrogens (primary N) is 1. The summed E-state index contributed by atoms with van der Waals surface area (Å²) in [6.07, 6.45) is 3.48. The number of amides is 1. The highest BCUT2D eigenvalue weighted by molar-refractivity contribution is 6.06. The maximum Gasteiger partial charge on any atom is 0.255 e. The van der Waals surface area contributed by atoms with E-state index in [1.54, 1.807) is 49.8 Å². The Morgan fingerprint density at radius 3 is 2.54 bits per heavy atom. The lowest BCUT2D eigenvalue weighted by atomic mass is 10.1. The van der Waals surface area contributed by atoms with E-state index in [1.165, 1.54) is 0 Å². The number of carbonyl (C=O) groups is 1. The van der Waals surface area contributed by atoms with E-state index in [1.807, 2.05) is 24.3 Å². The molecule has 0 unspecified atom stereocenters. The second-order valence-corrected chi connectivity index (χ2v) is 5.23. The van der Waals surface area contributed by atoms with Crippen LogP contribution in [0.4, 0.5) is 11.4 Å². The molecule has 0 saturated heterocycles. The number of rotatable bonds is 4. The maximum absolute atomic E-state index is 12.4. The Morgan fingerprint density at radius 2 is 1.88 bits per heavy atom. The van der Waals surface area contributed by atoms with Crippen molar-refractivity contribution in [2.24, 2.45) is 0 Å². The lowest BCUT2D eigenvalue weighted by Crippen LogP contribution is -2.13. The average molecular weight is 319 g/mol. The van der Waals surface area contributed by atoms with Crippen molar-refractivity contribution in [1.29, 1.82) is 0 Å². The summed E-state index contributed by atoms with van der Waals surface area (Å²) in [4.78, 5) is 16.5. The number of pyridine rings is 1. The van der Waals surface area contributed by atoms with Crippen LogP contribution in [0.15, 0.2) is 67.0 Å². The van der Waals surface area contributed by atoms with Gasteiger partial charge in [0.05, 0.1) is 18.5 Å². The van der Waals surface area contributed by atoms with Crippen LogP contribution >= 0.6 is 0 Å². The van der Waals surface area contributed by atoms with E-state index in [0.717, 1.165) is 11.1 Å². The summed E-state index contributed by atoms with van der Waals surface area (Å²) in [6.45, 7) is 0. The SMILES string of the molecule is COc1ccc(C(=O)Nc2cc(-c3cccnc3)ccc2N)cc1. The quantitative estimate of drug-likeness (QED) is 0.720. The normalized spacial score (nSPS) is 10.2. The van der Waals surface area contributed by atoms with Gasteiger partial charge in [-0.2, -0.15) is 0 Å². The second kappa shape index (κ2) is 6.83. The highest BCUT2D eigenvalue weighted by atomic mass is 16.5. The predicted octanol–water partition coefficient (Wildman–Crippen LogP) is 3.59. The van der Waals surface area contributed by atoms with Crippen LogP contribution in [0.1, 0.15) is 10.4 Å². The number of carbonyl (C=O) groups excluding carboxylic acids is 1. The number of benzene rings is 2. The summed E-state index contributed by atoms with van der Waals surface area (Å²) >= 11 is 0. The molecule has 120 valence electrons. The standard InChI is InChI=1S/C19H17N3O2/c1-24-16-7-4-13(5-8-16)19(23)22-18-11-14(6-9-17(18)20)15-3-2-10-21-12-15/h2-12H,20H2,1H3,(H,22,23). The zero-order valence-corrected chi connectivity index (χ0v) is 13.2. The van der Waals surface area contributed by atoms with E-state index in [2.05, 4.69) is 10.3 Å². The third-order valence-corrected chi connectivity index (χ3v) is 3.65. The van der Waals surface area contributed by atoms with E-state index < -0.39 is 0 Å². The van der Waals surface area contributed by atoms with Crippen molar-refractivity contribution in [1.82, 2.24) is 4.98 Å².